The number of thioether (sulfide) groups is 2. The van der Waals surface area contributed by atoms with Gasteiger partial charge in [-0.25, -0.2) is 0 Å². The second-order valence-electron chi connectivity index (χ2n) is 1.83. The highest BCUT2D eigenvalue weighted by Gasteiger charge is 2.40. The zero-order chi connectivity index (χ0) is 11.6. The van der Waals surface area contributed by atoms with Gasteiger partial charge in [0.25, 0.3) is 0 Å². The van der Waals surface area contributed by atoms with Crippen molar-refractivity contribution in [2.45, 2.75) is 19.3 Å². The Morgan fingerprint density at radius 1 is 0.714 bits per heavy atom. The summed E-state index contributed by atoms with van der Waals surface area (Å²) in [7, 11) is 0. The van der Waals surface area contributed by atoms with Gasteiger partial charge in [-0.3, -0.25) is 0 Å². The summed E-state index contributed by atoms with van der Waals surface area (Å²) in [6.45, 7) is 0. The predicted octanol–water partition coefficient (Wildman–Crippen LogP) is 4.93. The van der Waals surface area contributed by atoms with Gasteiger partial charge < -0.3 is 0 Å². The van der Waals surface area contributed by atoms with Gasteiger partial charge in [0, 0.05) is 0 Å². The van der Waals surface area contributed by atoms with E-state index in [0.717, 1.165) is 0 Å². The maximum Gasteiger partial charge on any atom is 0.442 e. The van der Waals surface area contributed by atoms with Crippen molar-refractivity contribution in [1.82, 2.24) is 0 Å². The van der Waals surface area contributed by atoms with E-state index < -0.39 is 42.9 Å². The number of hydrogen-bond acceptors (Lipinski definition) is 2. The van der Waals surface area contributed by atoms with E-state index in [2.05, 4.69) is 31.9 Å². The van der Waals surface area contributed by atoms with E-state index in [-0.39, 0.29) is 0 Å². The minimum Gasteiger partial charge on any atom is -0.160 e. The first-order valence-corrected chi connectivity index (χ1v) is 6.37. The Kier molecular flexibility index (Phi) is 6.02. The molecule has 10 heteroatoms. The van der Waals surface area contributed by atoms with E-state index in [4.69, 9.17) is 0 Å². The summed E-state index contributed by atoms with van der Waals surface area (Å²) >= 11 is 3.92. The summed E-state index contributed by atoms with van der Waals surface area (Å²) in [6.07, 6.45) is 0. The zero-order valence-corrected chi connectivity index (χ0v) is 10.8. The largest absolute Gasteiger partial charge is 0.442 e. The normalized spacial score (nSPS) is 18.0. The van der Waals surface area contributed by atoms with Gasteiger partial charge in [-0.05, 0) is 23.5 Å². The van der Waals surface area contributed by atoms with Gasteiger partial charge in [0.2, 0.25) is 0 Å². The summed E-state index contributed by atoms with van der Waals surface area (Å²) < 4.78 is 67.5. The molecule has 0 amide bonds. The third-order valence-corrected chi connectivity index (χ3v) is 5.99. The Morgan fingerprint density at radius 3 is 1.07 bits per heavy atom. The quantitative estimate of drug-likeness (QED) is 0.497. The molecule has 0 heterocycles. The molecule has 0 aliphatic heterocycles. The van der Waals surface area contributed by atoms with Crippen LogP contribution in [-0.2, 0) is 0 Å². The Balaban J connectivity index is 4.07. The lowest BCUT2D eigenvalue weighted by Crippen LogP contribution is -2.17. The molecule has 0 aromatic heterocycles. The van der Waals surface area contributed by atoms with Crippen LogP contribution in [0.1, 0.15) is 0 Å². The Labute approximate surface area is 101 Å². The maximum atomic E-state index is 11.7. The minimum absolute atomic E-state index is 0.546. The van der Waals surface area contributed by atoms with Gasteiger partial charge in [-0.1, -0.05) is 31.9 Å². The van der Waals surface area contributed by atoms with Crippen LogP contribution in [0.4, 0.5) is 26.3 Å². The topological polar surface area (TPSA) is 0 Å². The number of hydrogen-bond donors (Lipinski definition) is 0. The molecule has 86 valence electrons. The highest BCUT2D eigenvalue weighted by Crippen LogP contribution is 2.46. The predicted molar refractivity (Wildman–Crippen MR) is 52.7 cm³/mol. The van der Waals surface area contributed by atoms with Crippen LogP contribution in [0.15, 0.2) is 0 Å². The molecule has 0 aromatic rings. The highest BCUT2D eigenvalue weighted by molar-refractivity contribution is 9.14. The van der Waals surface area contributed by atoms with E-state index in [9.17, 15) is 26.3 Å². The summed E-state index contributed by atoms with van der Waals surface area (Å²) in [5, 5.41) is 0. The number of halogens is 8. The molecule has 2 atom stereocenters. The Hall–Kier alpha value is 1.24. The van der Waals surface area contributed by atoms with E-state index in [1.54, 1.807) is 0 Å². The average Bonchev–Trinajstić information content (AvgIpc) is 1.78. The molecule has 0 saturated carbocycles. The molecule has 0 saturated heterocycles. The van der Waals surface area contributed by atoms with Crippen molar-refractivity contribution in [3.8, 4) is 0 Å². The van der Waals surface area contributed by atoms with E-state index >= 15 is 0 Å². The van der Waals surface area contributed by atoms with Gasteiger partial charge >= 0.3 is 11.0 Å². The summed E-state index contributed by atoms with van der Waals surface area (Å²) in [4.78, 5) is 0. The van der Waals surface area contributed by atoms with Crippen molar-refractivity contribution < 1.29 is 26.3 Å². The van der Waals surface area contributed by atoms with Crippen LogP contribution in [0.2, 0.25) is 0 Å². The molecule has 2 unspecified atom stereocenters. The van der Waals surface area contributed by atoms with Crippen molar-refractivity contribution >= 4 is 55.4 Å². The second kappa shape index (κ2) is 5.53. The lowest BCUT2D eigenvalue weighted by Gasteiger charge is -2.18. The fourth-order valence-corrected chi connectivity index (χ4v) is 3.34. The lowest BCUT2D eigenvalue weighted by molar-refractivity contribution is -0.0347. The first-order valence-electron chi connectivity index (χ1n) is 2.78. The Bertz CT molecular complexity index is 160. The first kappa shape index (κ1) is 15.2. The molecule has 0 nitrogen and oxygen atoms in total. The zero-order valence-electron chi connectivity index (χ0n) is 5.99. The smallest absolute Gasteiger partial charge is 0.160 e. The molecule has 0 aliphatic rings. The summed E-state index contributed by atoms with van der Waals surface area (Å²) in [5.41, 5.74) is -9.13. The minimum atomic E-state index is -4.56. The molecule has 0 N–H and O–H groups in total. The third kappa shape index (κ3) is 8.54. The van der Waals surface area contributed by atoms with Crippen LogP contribution in [0, 0.1) is 0 Å². The molecular formula is C4H2Br2F6S2. The third-order valence-electron chi connectivity index (χ3n) is 0.698. The van der Waals surface area contributed by atoms with Crippen LogP contribution in [0.25, 0.3) is 0 Å². The van der Waals surface area contributed by atoms with Crippen molar-refractivity contribution in [1.29, 1.82) is 0 Å². The highest BCUT2D eigenvalue weighted by atomic mass is 79.9. The van der Waals surface area contributed by atoms with Gasteiger partial charge in [-0.2, -0.15) is 26.3 Å². The van der Waals surface area contributed by atoms with Gasteiger partial charge in [-0.15, -0.1) is 0 Å². The standard InChI is InChI=1S/C4H2Br2F6S2/c5-1(13-3(7,8)9)2(6)14-4(10,11)12/h1-2H. The molecular weight excluding hydrogens is 386 g/mol. The molecule has 0 rings (SSSR count). The molecule has 0 spiro atoms. The molecule has 14 heavy (non-hydrogen) atoms. The van der Waals surface area contributed by atoms with Crippen LogP contribution < -0.4 is 0 Å². The van der Waals surface area contributed by atoms with Gasteiger partial charge in [0.05, 0.1) is 8.32 Å². The van der Waals surface area contributed by atoms with Crippen molar-refractivity contribution in [2.75, 3.05) is 0 Å². The van der Waals surface area contributed by atoms with Gasteiger partial charge in [0.15, 0.2) is 0 Å². The monoisotopic (exact) mass is 386 g/mol. The van der Waals surface area contributed by atoms with Gasteiger partial charge in [0.1, 0.15) is 0 Å². The Morgan fingerprint density at radius 2 is 0.929 bits per heavy atom. The first-order chi connectivity index (χ1) is 6.01. The molecule has 0 radical (unpaired) electrons. The summed E-state index contributed by atoms with van der Waals surface area (Å²) in [6, 6.07) is 0. The molecule has 0 bridgehead atoms. The summed E-state index contributed by atoms with van der Waals surface area (Å²) in [5.74, 6) is 0. The SMILES string of the molecule is FC(F)(F)SC(Br)C(Br)SC(F)(F)F. The van der Waals surface area contributed by atoms with Crippen LogP contribution >= 0.6 is 55.4 Å². The molecule has 0 aromatic carbocycles. The number of alkyl halides is 8. The number of rotatable bonds is 3. The van der Waals surface area contributed by atoms with Crippen LogP contribution in [0.5, 0.6) is 0 Å². The van der Waals surface area contributed by atoms with Crippen molar-refractivity contribution in [3.05, 3.63) is 0 Å². The van der Waals surface area contributed by atoms with E-state index in [0.29, 0.717) is 0 Å². The second-order valence-corrected chi connectivity index (χ2v) is 7.43. The van der Waals surface area contributed by atoms with Crippen LogP contribution in [0.3, 0.4) is 0 Å². The van der Waals surface area contributed by atoms with Crippen molar-refractivity contribution in [3.63, 3.8) is 0 Å². The molecule has 0 aliphatic carbocycles. The van der Waals surface area contributed by atoms with Crippen molar-refractivity contribution in [2.24, 2.45) is 0 Å². The average molecular weight is 388 g/mol. The fraction of sp³-hybridized carbons (Fsp3) is 1.00. The van der Waals surface area contributed by atoms with Crippen LogP contribution in [-0.4, -0.2) is 19.3 Å². The fourth-order valence-electron chi connectivity index (χ4n) is 0.362. The lowest BCUT2D eigenvalue weighted by atomic mass is 10.9. The maximum absolute atomic E-state index is 11.7. The molecule has 0 fully saturated rings. The van der Waals surface area contributed by atoms with E-state index in [1.165, 1.54) is 0 Å². The van der Waals surface area contributed by atoms with E-state index in [1.807, 2.05) is 0 Å².